The maximum Gasteiger partial charge on any atom is 0.326 e. The van der Waals surface area contributed by atoms with Crippen LogP contribution >= 0.6 is 0 Å². The molecule has 0 spiro atoms. The molecule has 3 aromatic rings. The molecule has 178 valence electrons. The van der Waals surface area contributed by atoms with Crippen LogP contribution in [-0.4, -0.2) is 23.0 Å². The first-order valence-corrected chi connectivity index (χ1v) is 12.3. The van der Waals surface area contributed by atoms with Crippen molar-refractivity contribution in [3.8, 4) is 0 Å². The number of unbranched alkanes of at least 4 members (excludes halogenated alkanes) is 5. The Morgan fingerprint density at radius 1 is 0.706 bits per heavy atom. The third-order valence-corrected chi connectivity index (χ3v) is 6.41. The summed E-state index contributed by atoms with van der Waals surface area (Å²) >= 11 is 0. The number of hydrogen-bond donors (Lipinski definition) is 2. The summed E-state index contributed by atoms with van der Waals surface area (Å²) in [6, 6.07) is 27.9. The summed E-state index contributed by atoms with van der Waals surface area (Å²) in [7, 11) is 0. The van der Waals surface area contributed by atoms with Crippen LogP contribution in [0.25, 0.3) is 0 Å². The molecular formula is C30H35NO3. The van der Waals surface area contributed by atoms with Crippen molar-refractivity contribution in [2.45, 2.75) is 63.3 Å². The highest BCUT2D eigenvalue weighted by atomic mass is 16.4. The van der Waals surface area contributed by atoms with E-state index in [9.17, 15) is 14.7 Å². The fourth-order valence-corrected chi connectivity index (χ4v) is 4.61. The van der Waals surface area contributed by atoms with Crippen molar-refractivity contribution in [2.24, 2.45) is 0 Å². The third-order valence-electron chi connectivity index (χ3n) is 6.41. The number of carbonyl (C=O) groups excluding carboxylic acids is 1. The van der Waals surface area contributed by atoms with E-state index in [0.29, 0.717) is 6.42 Å². The maximum absolute atomic E-state index is 14.2. The third kappa shape index (κ3) is 5.93. The van der Waals surface area contributed by atoms with Gasteiger partial charge in [0, 0.05) is 0 Å². The van der Waals surface area contributed by atoms with Gasteiger partial charge in [0.15, 0.2) is 0 Å². The molecular weight excluding hydrogens is 422 g/mol. The second kappa shape index (κ2) is 12.7. The molecule has 0 saturated carbocycles. The molecule has 0 heterocycles. The molecule has 0 saturated heterocycles. The Hall–Kier alpha value is -3.40. The number of carboxylic acids is 1. The summed E-state index contributed by atoms with van der Waals surface area (Å²) in [5.74, 6) is -1.32. The number of hydrogen-bond acceptors (Lipinski definition) is 2. The van der Waals surface area contributed by atoms with Gasteiger partial charge >= 0.3 is 5.97 Å². The average Bonchev–Trinajstić information content (AvgIpc) is 2.88. The Bertz CT molecular complexity index is 922. The van der Waals surface area contributed by atoms with Crippen molar-refractivity contribution in [2.75, 3.05) is 0 Å². The van der Waals surface area contributed by atoms with E-state index in [1.165, 1.54) is 19.3 Å². The Balaban J connectivity index is 1.97. The van der Waals surface area contributed by atoms with Crippen molar-refractivity contribution >= 4 is 11.9 Å². The average molecular weight is 458 g/mol. The SMILES string of the molecule is CCCCCCCC[C@@H](NC(=O)C(c1ccccc1)(c1ccccc1)c1ccccc1)C(=O)O. The lowest BCUT2D eigenvalue weighted by atomic mass is 9.68. The number of nitrogens with one attached hydrogen (secondary N) is 1. The number of amides is 1. The maximum atomic E-state index is 14.2. The van der Waals surface area contributed by atoms with Crippen LogP contribution in [-0.2, 0) is 15.0 Å². The highest BCUT2D eigenvalue weighted by Crippen LogP contribution is 2.39. The summed E-state index contributed by atoms with van der Waals surface area (Å²) in [5, 5.41) is 12.8. The molecule has 1 amide bonds. The van der Waals surface area contributed by atoms with Gasteiger partial charge in [-0.05, 0) is 23.1 Å². The Kier molecular flexibility index (Phi) is 9.45. The van der Waals surface area contributed by atoms with E-state index in [0.717, 1.165) is 36.0 Å². The van der Waals surface area contributed by atoms with Crippen LogP contribution < -0.4 is 5.32 Å². The Morgan fingerprint density at radius 2 is 1.12 bits per heavy atom. The van der Waals surface area contributed by atoms with Crippen LogP contribution in [0.1, 0.15) is 68.6 Å². The minimum Gasteiger partial charge on any atom is -0.480 e. The molecule has 0 aliphatic rings. The highest BCUT2D eigenvalue weighted by Gasteiger charge is 2.44. The first-order chi connectivity index (χ1) is 16.6. The van der Waals surface area contributed by atoms with Crippen LogP contribution in [0.2, 0.25) is 0 Å². The van der Waals surface area contributed by atoms with E-state index in [1.807, 2.05) is 91.0 Å². The van der Waals surface area contributed by atoms with Crippen molar-refractivity contribution in [1.29, 1.82) is 0 Å². The topological polar surface area (TPSA) is 66.4 Å². The molecule has 0 fully saturated rings. The summed E-state index contributed by atoms with van der Waals surface area (Å²) in [6.45, 7) is 2.18. The zero-order chi connectivity index (χ0) is 24.2. The first-order valence-electron chi connectivity index (χ1n) is 12.3. The van der Waals surface area contributed by atoms with Gasteiger partial charge in [-0.2, -0.15) is 0 Å². The largest absolute Gasteiger partial charge is 0.480 e. The van der Waals surface area contributed by atoms with Gasteiger partial charge in [-0.1, -0.05) is 136 Å². The summed E-state index contributed by atoms with van der Waals surface area (Å²) in [6.07, 6.45) is 6.80. The van der Waals surface area contributed by atoms with Gasteiger partial charge < -0.3 is 10.4 Å². The van der Waals surface area contributed by atoms with Crippen LogP contribution in [0.15, 0.2) is 91.0 Å². The number of aliphatic carboxylic acids is 1. The predicted octanol–water partition coefficient (Wildman–Crippen LogP) is 6.34. The molecule has 4 nitrogen and oxygen atoms in total. The lowest BCUT2D eigenvalue weighted by molar-refractivity contribution is -0.142. The monoisotopic (exact) mass is 457 g/mol. The minimum atomic E-state index is -1.17. The smallest absolute Gasteiger partial charge is 0.326 e. The molecule has 3 aromatic carbocycles. The minimum absolute atomic E-state index is 0.325. The van der Waals surface area contributed by atoms with Crippen LogP contribution in [0.3, 0.4) is 0 Å². The van der Waals surface area contributed by atoms with E-state index in [-0.39, 0.29) is 5.91 Å². The van der Waals surface area contributed by atoms with Gasteiger partial charge in [0.25, 0.3) is 0 Å². The number of carboxylic acid groups (broad SMARTS) is 1. The van der Waals surface area contributed by atoms with Crippen LogP contribution in [0.5, 0.6) is 0 Å². The fraction of sp³-hybridized carbons (Fsp3) is 0.333. The van der Waals surface area contributed by atoms with Gasteiger partial charge in [-0.15, -0.1) is 0 Å². The Morgan fingerprint density at radius 3 is 1.53 bits per heavy atom. The molecule has 34 heavy (non-hydrogen) atoms. The number of rotatable bonds is 13. The molecule has 0 bridgehead atoms. The van der Waals surface area contributed by atoms with Crippen molar-refractivity contribution in [1.82, 2.24) is 5.32 Å². The second-order valence-electron chi connectivity index (χ2n) is 8.77. The molecule has 0 aliphatic heterocycles. The molecule has 0 aromatic heterocycles. The number of carbonyl (C=O) groups is 2. The summed E-state index contributed by atoms with van der Waals surface area (Å²) in [5.41, 5.74) is 1.23. The van der Waals surface area contributed by atoms with Gasteiger partial charge in [0.2, 0.25) is 5.91 Å². The normalized spacial score (nSPS) is 12.1. The molecule has 0 aliphatic carbocycles. The van der Waals surface area contributed by atoms with E-state index in [1.54, 1.807) is 0 Å². The van der Waals surface area contributed by atoms with Gasteiger partial charge in [0.05, 0.1) is 0 Å². The van der Waals surface area contributed by atoms with Crippen molar-refractivity contribution in [3.05, 3.63) is 108 Å². The van der Waals surface area contributed by atoms with Gasteiger partial charge in [-0.3, -0.25) is 4.79 Å². The fourth-order valence-electron chi connectivity index (χ4n) is 4.61. The lowest BCUT2D eigenvalue weighted by Crippen LogP contribution is -2.51. The van der Waals surface area contributed by atoms with E-state index >= 15 is 0 Å². The summed E-state index contributed by atoms with van der Waals surface area (Å²) in [4.78, 5) is 26.3. The van der Waals surface area contributed by atoms with Crippen molar-refractivity contribution < 1.29 is 14.7 Å². The molecule has 0 radical (unpaired) electrons. The van der Waals surface area contributed by atoms with Crippen LogP contribution in [0, 0.1) is 0 Å². The van der Waals surface area contributed by atoms with Crippen molar-refractivity contribution in [3.63, 3.8) is 0 Å². The molecule has 1 atom stereocenters. The van der Waals surface area contributed by atoms with Crippen LogP contribution in [0.4, 0.5) is 0 Å². The Labute approximate surface area is 203 Å². The predicted molar refractivity (Wildman–Crippen MR) is 137 cm³/mol. The van der Waals surface area contributed by atoms with Gasteiger partial charge in [-0.25, -0.2) is 4.79 Å². The molecule has 2 N–H and O–H groups in total. The van der Waals surface area contributed by atoms with E-state index in [4.69, 9.17) is 0 Å². The molecule has 0 unspecified atom stereocenters. The first kappa shape index (κ1) is 25.2. The molecule has 4 heteroatoms. The standard InChI is InChI=1S/C30H35NO3/c1-2-3-4-5-6-16-23-27(28(32)33)31-29(34)30(24-17-10-7-11-18-24,25-19-12-8-13-20-25)26-21-14-9-15-22-26/h7-15,17-22,27H,2-6,16,23H2,1H3,(H,31,34)(H,32,33)/t27-/m1/s1. The van der Waals surface area contributed by atoms with E-state index < -0.39 is 17.4 Å². The zero-order valence-corrected chi connectivity index (χ0v) is 20.0. The summed E-state index contributed by atoms with van der Waals surface area (Å²) < 4.78 is 0. The van der Waals surface area contributed by atoms with Gasteiger partial charge in [0.1, 0.15) is 11.5 Å². The zero-order valence-electron chi connectivity index (χ0n) is 20.0. The highest BCUT2D eigenvalue weighted by molar-refractivity contribution is 5.98. The number of benzene rings is 3. The molecule has 3 rings (SSSR count). The quantitative estimate of drug-likeness (QED) is 0.232. The lowest BCUT2D eigenvalue weighted by Gasteiger charge is -2.35. The van der Waals surface area contributed by atoms with E-state index in [2.05, 4.69) is 12.2 Å². The second-order valence-corrected chi connectivity index (χ2v) is 8.77.